The summed E-state index contributed by atoms with van der Waals surface area (Å²) in [7, 11) is 0. The van der Waals surface area contributed by atoms with Crippen LogP contribution in [0.3, 0.4) is 0 Å². The van der Waals surface area contributed by atoms with E-state index in [2.05, 4.69) is 19.2 Å². The number of carbonyl (C=O) groups excluding carboxylic acids is 2. The van der Waals surface area contributed by atoms with Crippen LogP contribution in [0, 0.1) is 11.3 Å². The van der Waals surface area contributed by atoms with Gasteiger partial charge in [0, 0.05) is 52.9 Å². The van der Waals surface area contributed by atoms with E-state index in [-0.39, 0.29) is 25.2 Å². The summed E-state index contributed by atoms with van der Waals surface area (Å²) in [5, 5.41) is 9.60. The lowest BCUT2D eigenvalue weighted by atomic mass is 10.1. The average molecular weight is 950 g/mol. The molecule has 0 amide bonds. The highest BCUT2D eigenvalue weighted by Crippen LogP contribution is 2.31. The SMILES string of the molecule is C=CC(=O)OCCCCCCCCCCCOc1ccc(-c2ccc(COc3ccc(C#N)cc3OCc3ccc(-c4ccc(OCCCCCCCCCCCOC(=O)C=C)cc4)nc3)cn2)cc1. The Kier molecular flexibility index (Phi) is 25.3. The third-order valence-corrected chi connectivity index (χ3v) is 11.7. The van der Waals surface area contributed by atoms with Crippen LogP contribution in [-0.4, -0.2) is 48.3 Å². The molecule has 0 fully saturated rings. The first-order valence-electron chi connectivity index (χ1n) is 25.2. The van der Waals surface area contributed by atoms with Crippen molar-refractivity contribution in [2.75, 3.05) is 26.4 Å². The topological polar surface area (TPSA) is 139 Å². The predicted molar refractivity (Wildman–Crippen MR) is 276 cm³/mol. The van der Waals surface area contributed by atoms with Crippen LogP contribution < -0.4 is 18.9 Å². The van der Waals surface area contributed by atoms with Crippen LogP contribution in [0.5, 0.6) is 23.0 Å². The first-order chi connectivity index (χ1) is 34.4. The van der Waals surface area contributed by atoms with Gasteiger partial charge in [-0.15, -0.1) is 0 Å². The van der Waals surface area contributed by atoms with Gasteiger partial charge in [-0.2, -0.15) is 5.26 Å². The van der Waals surface area contributed by atoms with Gasteiger partial charge >= 0.3 is 11.9 Å². The number of ether oxygens (including phenoxy) is 6. The molecule has 2 heterocycles. The highest BCUT2D eigenvalue weighted by atomic mass is 16.5. The number of hydrogen-bond acceptors (Lipinski definition) is 11. The number of pyridine rings is 2. The zero-order valence-corrected chi connectivity index (χ0v) is 41.0. The maximum absolute atomic E-state index is 11.1. The van der Waals surface area contributed by atoms with Crippen molar-refractivity contribution in [1.82, 2.24) is 9.97 Å². The van der Waals surface area contributed by atoms with Crippen molar-refractivity contribution >= 4 is 11.9 Å². The molecular formula is C59H71N3O8. The second kappa shape index (κ2) is 32.8. The van der Waals surface area contributed by atoms with E-state index in [1.165, 1.54) is 76.4 Å². The Bertz CT molecular complexity index is 2320. The molecule has 11 nitrogen and oxygen atoms in total. The molecule has 370 valence electrons. The molecule has 11 heteroatoms. The lowest BCUT2D eigenvalue weighted by Crippen LogP contribution is -2.02. The highest BCUT2D eigenvalue weighted by molar-refractivity contribution is 5.81. The van der Waals surface area contributed by atoms with E-state index in [0.29, 0.717) is 43.5 Å². The van der Waals surface area contributed by atoms with Crippen LogP contribution in [-0.2, 0) is 32.3 Å². The van der Waals surface area contributed by atoms with Crippen LogP contribution in [0.4, 0.5) is 0 Å². The zero-order valence-electron chi connectivity index (χ0n) is 41.0. The number of nitrogens with zero attached hydrogens (tertiary/aromatic N) is 3. The summed E-state index contributed by atoms with van der Waals surface area (Å²) in [4.78, 5) is 31.5. The van der Waals surface area contributed by atoms with Crippen LogP contribution in [0.2, 0.25) is 0 Å². The predicted octanol–water partition coefficient (Wildman–Crippen LogP) is 14.1. The molecule has 0 saturated heterocycles. The summed E-state index contributed by atoms with van der Waals surface area (Å²) in [6.07, 6.45) is 26.6. The molecule has 0 N–H and O–H groups in total. The second-order valence-electron chi connectivity index (χ2n) is 17.3. The molecular weight excluding hydrogens is 879 g/mol. The molecule has 0 spiro atoms. The Labute approximate surface area is 415 Å². The fourth-order valence-electron chi connectivity index (χ4n) is 7.66. The number of esters is 2. The van der Waals surface area contributed by atoms with E-state index >= 15 is 0 Å². The Morgan fingerprint density at radius 2 is 0.843 bits per heavy atom. The van der Waals surface area contributed by atoms with Gasteiger partial charge in [0.15, 0.2) is 11.5 Å². The molecule has 2 aromatic heterocycles. The normalized spacial score (nSPS) is 10.7. The number of aromatic nitrogens is 2. The number of carbonyl (C=O) groups is 2. The quantitative estimate of drug-likeness (QED) is 0.0215. The van der Waals surface area contributed by atoms with Crippen LogP contribution in [0.15, 0.2) is 129 Å². The summed E-state index contributed by atoms with van der Waals surface area (Å²) in [5.74, 6) is 2.03. The van der Waals surface area contributed by atoms with E-state index in [4.69, 9.17) is 38.4 Å². The fraction of sp³-hybridized carbons (Fsp3) is 0.407. The molecule has 0 radical (unpaired) electrons. The third-order valence-electron chi connectivity index (χ3n) is 11.7. The van der Waals surface area contributed by atoms with Gasteiger partial charge in [-0.3, -0.25) is 9.97 Å². The van der Waals surface area contributed by atoms with Gasteiger partial charge in [0.1, 0.15) is 24.7 Å². The number of rotatable bonds is 36. The summed E-state index contributed by atoms with van der Waals surface area (Å²) in [6, 6.07) is 31.4. The van der Waals surface area contributed by atoms with Crippen molar-refractivity contribution in [2.24, 2.45) is 0 Å². The summed E-state index contributed by atoms with van der Waals surface area (Å²) < 4.78 is 34.4. The minimum Gasteiger partial charge on any atom is -0.494 e. The lowest BCUT2D eigenvalue weighted by Gasteiger charge is -2.14. The van der Waals surface area contributed by atoms with E-state index in [1.807, 2.05) is 79.0 Å². The first kappa shape index (κ1) is 54.0. The van der Waals surface area contributed by atoms with Gasteiger partial charge in [-0.1, -0.05) is 115 Å². The van der Waals surface area contributed by atoms with Crippen molar-refractivity contribution < 1.29 is 38.0 Å². The second-order valence-corrected chi connectivity index (χ2v) is 17.3. The van der Waals surface area contributed by atoms with Crippen molar-refractivity contribution in [1.29, 1.82) is 5.26 Å². The average Bonchev–Trinajstić information content (AvgIpc) is 3.40. The van der Waals surface area contributed by atoms with E-state index in [0.717, 1.165) is 96.5 Å². The Balaban J connectivity index is 0.951. The standard InChI is InChI=1S/C59H71N3O8/c1-3-58(63)67-39-21-17-13-9-5-7-11-15-19-37-65-52-30-26-50(27-31-52)54-34-23-48(43-61-54)45-69-56-36-25-47(42-60)41-57(56)70-46-49-24-35-55(62-44-49)51-28-32-53(33-29-51)66-38-20-16-12-8-6-10-14-18-22-40-68-59(64)4-2/h3-4,23-36,41,43-44H,1-2,5-22,37-40,45-46H2. The molecule has 3 aromatic carbocycles. The molecule has 0 bridgehead atoms. The Morgan fingerprint density at radius 3 is 1.21 bits per heavy atom. The van der Waals surface area contributed by atoms with Crippen LogP contribution in [0.1, 0.15) is 132 Å². The molecule has 0 saturated carbocycles. The Morgan fingerprint density at radius 1 is 0.457 bits per heavy atom. The minimum absolute atomic E-state index is 0.254. The van der Waals surface area contributed by atoms with Gasteiger partial charge in [0.2, 0.25) is 0 Å². The lowest BCUT2D eigenvalue weighted by molar-refractivity contribution is -0.138. The molecule has 70 heavy (non-hydrogen) atoms. The maximum Gasteiger partial charge on any atom is 0.330 e. The fourth-order valence-corrected chi connectivity index (χ4v) is 7.66. The van der Waals surface area contributed by atoms with Gasteiger partial charge < -0.3 is 28.4 Å². The third kappa shape index (κ3) is 21.2. The molecule has 0 aliphatic rings. The van der Waals surface area contributed by atoms with Crippen molar-refractivity contribution in [2.45, 2.75) is 129 Å². The number of unbranched alkanes of at least 4 members (excludes halogenated alkanes) is 16. The van der Waals surface area contributed by atoms with Gasteiger partial charge in [-0.25, -0.2) is 9.59 Å². The summed E-state index contributed by atoms with van der Waals surface area (Å²) in [5.41, 5.74) is 5.97. The van der Waals surface area contributed by atoms with Gasteiger partial charge in [-0.05, 0) is 98.5 Å². The van der Waals surface area contributed by atoms with E-state index in [1.54, 1.807) is 24.4 Å². The molecule has 5 aromatic rings. The van der Waals surface area contributed by atoms with Crippen molar-refractivity contribution in [3.8, 4) is 51.6 Å². The first-order valence-corrected chi connectivity index (χ1v) is 25.2. The molecule has 0 unspecified atom stereocenters. The minimum atomic E-state index is -0.343. The number of hydrogen-bond donors (Lipinski definition) is 0. The van der Waals surface area contributed by atoms with Crippen LogP contribution >= 0.6 is 0 Å². The highest BCUT2D eigenvalue weighted by Gasteiger charge is 2.11. The smallest absolute Gasteiger partial charge is 0.330 e. The monoisotopic (exact) mass is 950 g/mol. The van der Waals surface area contributed by atoms with E-state index in [9.17, 15) is 14.9 Å². The largest absolute Gasteiger partial charge is 0.494 e. The number of benzene rings is 3. The summed E-state index contributed by atoms with van der Waals surface area (Å²) in [6.45, 7) is 9.71. The molecule has 0 aliphatic heterocycles. The van der Waals surface area contributed by atoms with Crippen molar-refractivity contribution in [3.63, 3.8) is 0 Å². The van der Waals surface area contributed by atoms with Crippen LogP contribution in [0.25, 0.3) is 22.5 Å². The van der Waals surface area contributed by atoms with Crippen molar-refractivity contribution in [3.05, 3.63) is 145 Å². The molecule has 0 atom stereocenters. The molecule has 5 rings (SSSR count). The molecule has 0 aliphatic carbocycles. The van der Waals surface area contributed by atoms with E-state index < -0.39 is 0 Å². The number of nitriles is 1. The summed E-state index contributed by atoms with van der Waals surface area (Å²) >= 11 is 0. The van der Waals surface area contributed by atoms with Gasteiger partial charge in [0.05, 0.1) is 49.4 Å². The zero-order chi connectivity index (χ0) is 49.3. The Hall–Kier alpha value is -6.93. The maximum atomic E-state index is 11.1. The van der Waals surface area contributed by atoms with Gasteiger partial charge in [0.25, 0.3) is 0 Å².